The Bertz CT molecular complexity index is 454. The lowest BCUT2D eigenvalue weighted by molar-refractivity contribution is 0.112. The third kappa shape index (κ3) is 2.63. The van der Waals surface area contributed by atoms with Crippen molar-refractivity contribution in [1.29, 1.82) is 0 Å². The molecule has 2 rings (SSSR count). The van der Waals surface area contributed by atoms with Crippen LogP contribution in [0.4, 0.5) is 0 Å². The SMILES string of the molecule is O=Cc1ccc(OCc2ncccn2)cc1. The number of carbonyl (C=O) groups is 1. The van der Waals surface area contributed by atoms with Crippen molar-refractivity contribution in [3.8, 4) is 5.75 Å². The molecule has 0 spiro atoms. The Labute approximate surface area is 92.9 Å². The Hall–Kier alpha value is -2.23. The van der Waals surface area contributed by atoms with Crippen LogP contribution >= 0.6 is 0 Å². The largest absolute Gasteiger partial charge is 0.486 e. The van der Waals surface area contributed by atoms with Gasteiger partial charge in [-0.25, -0.2) is 9.97 Å². The fraction of sp³-hybridized carbons (Fsp3) is 0.0833. The van der Waals surface area contributed by atoms with Crippen LogP contribution in [0.25, 0.3) is 0 Å². The van der Waals surface area contributed by atoms with Crippen molar-refractivity contribution in [3.05, 3.63) is 54.1 Å². The van der Waals surface area contributed by atoms with Gasteiger partial charge in [0.25, 0.3) is 0 Å². The van der Waals surface area contributed by atoms with E-state index < -0.39 is 0 Å². The normalized spacial score (nSPS) is 9.75. The fourth-order valence-corrected chi connectivity index (χ4v) is 1.20. The fourth-order valence-electron chi connectivity index (χ4n) is 1.20. The molecule has 0 saturated carbocycles. The first-order valence-electron chi connectivity index (χ1n) is 4.82. The van der Waals surface area contributed by atoms with Crippen LogP contribution in [0.2, 0.25) is 0 Å². The van der Waals surface area contributed by atoms with E-state index in [-0.39, 0.29) is 0 Å². The third-order valence-corrected chi connectivity index (χ3v) is 2.00. The van der Waals surface area contributed by atoms with Gasteiger partial charge in [-0.3, -0.25) is 4.79 Å². The lowest BCUT2D eigenvalue weighted by Crippen LogP contribution is -2.00. The summed E-state index contributed by atoms with van der Waals surface area (Å²) in [5.41, 5.74) is 0.628. The van der Waals surface area contributed by atoms with Crippen molar-refractivity contribution in [1.82, 2.24) is 9.97 Å². The number of hydrogen-bond donors (Lipinski definition) is 0. The quantitative estimate of drug-likeness (QED) is 0.729. The molecular weight excluding hydrogens is 204 g/mol. The van der Waals surface area contributed by atoms with Crippen molar-refractivity contribution < 1.29 is 9.53 Å². The van der Waals surface area contributed by atoms with Gasteiger partial charge in [-0.2, -0.15) is 0 Å². The van der Waals surface area contributed by atoms with Crippen LogP contribution in [-0.4, -0.2) is 16.3 Å². The molecule has 0 aliphatic heterocycles. The molecule has 4 nitrogen and oxygen atoms in total. The summed E-state index contributed by atoms with van der Waals surface area (Å²) in [5.74, 6) is 1.32. The highest BCUT2D eigenvalue weighted by Crippen LogP contribution is 2.12. The van der Waals surface area contributed by atoms with Crippen LogP contribution in [0.5, 0.6) is 5.75 Å². The van der Waals surface area contributed by atoms with E-state index in [1.54, 1.807) is 42.7 Å². The molecule has 0 radical (unpaired) electrons. The minimum absolute atomic E-state index is 0.321. The molecule has 1 aromatic carbocycles. The topological polar surface area (TPSA) is 52.1 Å². The first-order chi connectivity index (χ1) is 7.88. The van der Waals surface area contributed by atoms with E-state index in [4.69, 9.17) is 4.74 Å². The summed E-state index contributed by atoms with van der Waals surface area (Å²) < 4.78 is 5.45. The Kier molecular flexibility index (Phi) is 3.23. The number of carbonyl (C=O) groups excluding carboxylic acids is 1. The Morgan fingerprint density at radius 2 is 1.81 bits per heavy atom. The first kappa shape index (κ1) is 10.3. The van der Waals surface area contributed by atoms with Crippen LogP contribution < -0.4 is 4.74 Å². The minimum Gasteiger partial charge on any atom is -0.486 e. The molecule has 0 aliphatic carbocycles. The Morgan fingerprint density at radius 1 is 1.12 bits per heavy atom. The summed E-state index contributed by atoms with van der Waals surface area (Å²) in [4.78, 5) is 18.5. The summed E-state index contributed by atoms with van der Waals surface area (Å²) >= 11 is 0. The lowest BCUT2D eigenvalue weighted by atomic mass is 10.2. The van der Waals surface area contributed by atoms with Crippen molar-refractivity contribution in [2.75, 3.05) is 0 Å². The monoisotopic (exact) mass is 214 g/mol. The van der Waals surface area contributed by atoms with Gasteiger partial charge in [0.15, 0.2) is 5.82 Å². The zero-order valence-electron chi connectivity index (χ0n) is 8.54. The molecule has 80 valence electrons. The second-order valence-electron chi connectivity index (χ2n) is 3.14. The molecule has 0 bridgehead atoms. The van der Waals surface area contributed by atoms with E-state index in [0.29, 0.717) is 23.7 Å². The zero-order chi connectivity index (χ0) is 11.2. The predicted molar refractivity (Wildman–Crippen MR) is 58.2 cm³/mol. The number of hydrogen-bond acceptors (Lipinski definition) is 4. The molecule has 1 aromatic heterocycles. The Balaban J connectivity index is 1.97. The highest BCUT2D eigenvalue weighted by atomic mass is 16.5. The van der Waals surface area contributed by atoms with E-state index >= 15 is 0 Å². The van der Waals surface area contributed by atoms with E-state index in [2.05, 4.69) is 9.97 Å². The molecule has 0 N–H and O–H groups in total. The van der Waals surface area contributed by atoms with E-state index in [1.165, 1.54) is 0 Å². The molecule has 4 heteroatoms. The third-order valence-electron chi connectivity index (χ3n) is 2.00. The molecule has 16 heavy (non-hydrogen) atoms. The van der Waals surface area contributed by atoms with Crippen molar-refractivity contribution >= 4 is 6.29 Å². The number of rotatable bonds is 4. The van der Waals surface area contributed by atoms with Crippen LogP contribution in [0.1, 0.15) is 16.2 Å². The molecular formula is C12H10N2O2. The van der Waals surface area contributed by atoms with Crippen molar-refractivity contribution in [2.24, 2.45) is 0 Å². The molecule has 0 unspecified atom stereocenters. The standard InChI is InChI=1S/C12H10N2O2/c15-8-10-2-4-11(5-3-10)16-9-12-13-6-1-7-14-12/h1-8H,9H2. The molecule has 1 heterocycles. The second kappa shape index (κ2) is 5.02. The minimum atomic E-state index is 0.321. The number of aldehydes is 1. The maximum absolute atomic E-state index is 10.4. The predicted octanol–water partition coefficient (Wildman–Crippen LogP) is 1.87. The zero-order valence-corrected chi connectivity index (χ0v) is 8.54. The highest BCUT2D eigenvalue weighted by molar-refractivity contribution is 5.74. The summed E-state index contributed by atoms with van der Waals surface area (Å²) in [7, 11) is 0. The molecule has 0 fully saturated rings. The van der Waals surface area contributed by atoms with Gasteiger partial charge in [-0.1, -0.05) is 0 Å². The van der Waals surface area contributed by atoms with Gasteiger partial charge in [-0.15, -0.1) is 0 Å². The smallest absolute Gasteiger partial charge is 0.166 e. The average molecular weight is 214 g/mol. The van der Waals surface area contributed by atoms with Crippen LogP contribution in [0, 0.1) is 0 Å². The van der Waals surface area contributed by atoms with Crippen LogP contribution in [0.3, 0.4) is 0 Å². The summed E-state index contributed by atoms with van der Waals surface area (Å²) in [5, 5.41) is 0. The summed E-state index contributed by atoms with van der Waals surface area (Å²) in [6.45, 7) is 0.321. The van der Waals surface area contributed by atoms with Crippen LogP contribution in [0.15, 0.2) is 42.7 Å². The molecule has 0 saturated heterocycles. The van der Waals surface area contributed by atoms with E-state index in [9.17, 15) is 4.79 Å². The van der Waals surface area contributed by atoms with E-state index in [1.807, 2.05) is 0 Å². The van der Waals surface area contributed by atoms with Crippen molar-refractivity contribution in [2.45, 2.75) is 6.61 Å². The number of ether oxygens (including phenoxy) is 1. The Morgan fingerprint density at radius 3 is 2.44 bits per heavy atom. The van der Waals surface area contributed by atoms with Gasteiger partial charge in [0.2, 0.25) is 0 Å². The summed E-state index contributed by atoms with van der Waals surface area (Å²) in [6, 6.07) is 8.64. The molecule has 0 aliphatic rings. The van der Waals surface area contributed by atoms with Crippen molar-refractivity contribution in [3.63, 3.8) is 0 Å². The lowest BCUT2D eigenvalue weighted by Gasteiger charge is -2.04. The molecule has 0 amide bonds. The van der Waals surface area contributed by atoms with Gasteiger partial charge in [0.05, 0.1) is 0 Å². The van der Waals surface area contributed by atoms with Gasteiger partial charge < -0.3 is 4.74 Å². The average Bonchev–Trinajstić information content (AvgIpc) is 2.38. The first-order valence-corrected chi connectivity index (χ1v) is 4.82. The molecule has 2 aromatic rings. The number of nitrogens with zero attached hydrogens (tertiary/aromatic N) is 2. The van der Waals surface area contributed by atoms with Gasteiger partial charge >= 0.3 is 0 Å². The second-order valence-corrected chi connectivity index (χ2v) is 3.14. The van der Waals surface area contributed by atoms with Gasteiger partial charge in [-0.05, 0) is 30.3 Å². The maximum Gasteiger partial charge on any atom is 0.166 e. The highest BCUT2D eigenvalue weighted by Gasteiger charge is 1.97. The van der Waals surface area contributed by atoms with Gasteiger partial charge in [0.1, 0.15) is 18.6 Å². The number of aromatic nitrogens is 2. The van der Waals surface area contributed by atoms with Crippen LogP contribution in [-0.2, 0) is 6.61 Å². The summed E-state index contributed by atoms with van der Waals surface area (Å²) in [6.07, 6.45) is 4.13. The van der Waals surface area contributed by atoms with E-state index in [0.717, 1.165) is 6.29 Å². The van der Waals surface area contributed by atoms with Gasteiger partial charge in [0, 0.05) is 18.0 Å². The maximum atomic E-state index is 10.4. The molecule has 0 atom stereocenters. The number of benzene rings is 1.